The fourth-order valence-electron chi connectivity index (χ4n) is 3.85. The van der Waals surface area contributed by atoms with Crippen molar-refractivity contribution in [3.8, 4) is 22.6 Å². The second kappa shape index (κ2) is 11.5. The maximum atomic E-state index is 10.3. The predicted octanol–water partition coefficient (Wildman–Crippen LogP) is 5.21. The Morgan fingerprint density at radius 1 is 0.839 bits per heavy atom. The zero-order valence-electron chi connectivity index (χ0n) is 18.8. The van der Waals surface area contributed by atoms with E-state index in [0.29, 0.717) is 6.61 Å². The minimum Gasteiger partial charge on any atom is -0.497 e. The summed E-state index contributed by atoms with van der Waals surface area (Å²) in [6.45, 7) is 8.02. The largest absolute Gasteiger partial charge is 0.497 e. The average molecular weight is 420 g/mol. The fraction of sp³-hybridized carbons (Fsp3) is 0.333. The van der Waals surface area contributed by atoms with Crippen molar-refractivity contribution >= 4 is 0 Å². The summed E-state index contributed by atoms with van der Waals surface area (Å²) >= 11 is 0. The monoisotopic (exact) mass is 419 g/mol. The second-order valence-corrected chi connectivity index (χ2v) is 7.50. The number of nitrogens with zero attached hydrogens (tertiary/aromatic N) is 1. The van der Waals surface area contributed by atoms with Crippen molar-refractivity contribution < 1.29 is 14.6 Å². The quantitative estimate of drug-likeness (QED) is 0.463. The predicted molar refractivity (Wildman–Crippen MR) is 127 cm³/mol. The molecule has 0 aliphatic heterocycles. The Hall–Kier alpha value is -2.82. The van der Waals surface area contributed by atoms with Crippen LogP contribution in [0, 0.1) is 0 Å². The lowest BCUT2D eigenvalue weighted by Crippen LogP contribution is -2.27. The molecule has 4 heteroatoms. The molecule has 4 nitrogen and oxygen atoms in total. The first-order chi connectivity index (χ1) is 15.2. The van der Waals surface area contributed by atoms with Crippen molar-refractivity contribution in [1.82, 2.24) is 4.90 Å². The third-order valence-corrected chi connectivity index (χ3v) is 5.77. The number of hydrogen-bond acceptors (Lipinski definition) is 4. The van der Waals surface area contributed by atoms with Gasteiger partial charge in [-0.3, -0.25) is 0 Å². The van der Waals surface area contributed by atoms with Crippen LogP contribution in [0.2, 0.25) is 0 Å². The molecule has 0 radical (unpaired) electrons. The van der Waals surface area contributed by atoms with E-state index in [1.165, 1.54) is 0 Å². The first-order valence-corrected chi connectivity index (χ1v) is 11.0. The molecule has 31 heavy (non-hydrogen) atoms. The van der Waals surface area contributed by atoms with Crippen LogP contribution in [0.1, 0.15) is 30.9 Å². The van der Waals surface area contributed by atoms with Gasteiger partial charge in [0.2, 0.25) is 0 Å². The summed E-state index contributed by atoms with van der Waals surface area (Å²) < 4.78 is 11.2. The molecular weight excluding hydrogens is 386 g/mol. The number of aliphatic hydroxyl groups is 1. The van der Waals surface area contributed by atoms with Gasteiger partial charge in [0.25, 0.3) is 0 Å². The molecule has 0 bridgehead atoms. The molecule has 0 spiro atoms. The Bertz CT molecular complexity index is 918. The minimum atomic E-state index is -0.108. The molecule has 1 unspecified atom stereocenters. The molecule has 0 saturated heterocycles. The van der Waals surface area contributed by atoms with Crippen molar-refractivity contribution in [2.24, 2.45) is 0 Å². The maximum Gasteiger partial charge on any atom is 0.119 e. The van der Waals surface area contributed by atoms with Gasteiger partial charge in [-0.2, -0.15) is 0 Å². The van der Waals surface area contributed by atoms with Gasteiger partial charge >= 0.3 is 0 Å². The van der Waals surface area contributed by atoms with Crippen molar-refractivity contribution in [2.45, 2.75) is 19.8 Å². The van der Waals surface area contributed by atoms with Crippen LogP contribution in [-0.4, -0.2) is 50.0 Å². The molecule has 0 amide bonds. The van der Waals surface area contributed by atoms with E-state index in [0.717, 1.165) is 53.4 Å². The Labute approximate surface area is 186 Å². The van der Waals surface area contributed by atoms with Crippen LogP contribution in [0.15, 0.2) is 72.8 Å². The molecule has 3 aromatic rings. The van der Waals surface area contributed by atoms with Gasteiger partial charge < -0.3 is 19.5 Å². The van der Waals surface area contributed by atoms with E-state index >= 15 is 0 Å². The number of ether oxygens (including phenoxy) is 2. The Morgan fingerprint density at radius 3 is 2.10 bits per heavy atom. The molecule has 0 fully saturated rings. The molecule has 3 rings (SSSR count). The molecule has 0 aliphatic carbocycles. The summed E-state index contributed by atoms with van der Waals surface area (Å²) in [7, 11) is 1.67. The summed E-state index contributed by atoms with van der Waals surface area (Å²) in [6, 6.07) is 24.4. The zero-order valence-corrected chi connectivity index (χ0v) is 18.8. The van der Waals surface area contributed by atoms with Crippen molar-refractivity contribution in [3.63, 3.8) is 0 Å². The zero-order chi connectivity index (χ0) is 22.1. The number of methoxy groups -OCH3 is 1. The van der Waals surface area contributed by atoms with Gasteiger partial charge in [-0.15, -0.1) is 0 Å². The van der Waals surface area contributed by atoms with Gasteiger partial charge in [0.05, 0.1) is 13.7 Å². The lowest BCUT2D eigenvalue weighted by molar-refractivity contribution is 0.222. The van der Waals surface area contributed by atoms with E-state index in [-0.39, 0.29) is 12.5 Å². The van der Waals surface area contributed by atoms with Gasteiger partial charge in [-0.05, 0) is 59.6 Å². The molecule has 0 aliphatic rings. The van der Waals surface area contributed by atoms with Gasteiger partial charge in [0, 0.05) is 12.5 Å². The van der Waals surface area contributed by atoms with E-state index in [9.17, 15) is 5.11 Å². The number of hydrogen-bond donors (Lipinski definition) is 1. The maximum absolute atomic E-state index is 10.3. The van der Waals surface area contributed by atoms with Crippen LogP contribution in [0.25, 0.3) is 11.1 Å². The highest BCUT2D eigenvalue weighted by atomic mass is 16.5. The van der Waals surface area contributed by atoms with Crippen molar-refractivity contribution in [1.29, 1.82) is 0 Å². The molecule has 0 saturated carbocycles. The topological polar surface area (TPSA) is 41.9 Å². The van der Waals surface area contributed by atoms with E-state index in [1.54, 1.807) is 7.11 Å². The first kappa shape index (κ1) is 22.9. The van der Waals surface area contributed by atoms with Crippen LogP contribution >= 0.6 is 0 Å². The number of rotatable bonds is 11. The van der Waals surface area contributed by atoms with Crippen LogP contribution in [0.5, 0.6) is 11.5 Å². The molecule has 0 aromatic heterocycles. The molecule has 0 heterocycles. The lowest BCUT2D eigenvalue weighted by atomic mass is 9.86. The van der Waals surface area contributed by atoms with E-state index < -0.39 is 0 Å². The Kier molecular flexibility index (Phi) is 8.51. The normalized spacial score (nSPS) is 12.0. The molecular formula is C27H33NO3. The van der Waals surface area contributed by atoms with Crippen LogP contribution < -0.4 is 9.47 Å². The molecule has 164 valence electrons. The fourth-order valence-corrected chi connectivity index (χ4v) is 3.85. The third kappa shape index (κ3) is 5.87. The first-order valence-electron chi connectivity index (χ1n) is 11.0. The lowest BCUT2D eigenvalue weighted by Gasteiger charge is -2.20. The standard InChI is InChI=1S/C27H33NO3/c1-4-28(5-2)18-19-31-24-16-12-22(13-17-24)27(20-29)26-9-7-6-8-25(26)21-10-14-23(30-3)15-11-21/h6-17,27,29H,4-5,18-20H2,1-3H3. The van der Waals surface area contributed by atoms with Crippen molar-refractivity contribution in [2.75, 3.05) is 40.0 Å². The van der Waals surface area contributed by atoms with Gasteiger partial charge in [0.15, 0.2) is 0 Å². The summed E-state index contributed by atoms with van der Waals surface area (Å²) in [5, 5.41) is 10.3. The second-order valence-electron chi connectivity index (χ2n) is 7.50. The SMILES string of the molecule is CCN(CC)CCOc1ccc(C(CO)c2ccccc2-c2ccc(OC)cc2)cc1. The number of likely N-dealkylation sites (N-methyl/N-ethyl adjacent to an activating group) is 1. The van der Waals surface area contributed by atoms with Crippen LogP contribution in [0.3, 0.4) is 0 Å². The van der Waals surface area contributed by atoms with Crippen LogP contribution in [0.4, 0.5) is 0 Å². The van der Waals surface area contributed by atoms with Crippen LogP contribution in [-0.2, 0) is 0 Å². The minimum absolute atomic E-state index is 0.0370. The molecule has 1 atom stereocenters. The summed E-state index contributed by atoms with van der Waals surface area (Å²) in [6.07, 6.45) is 0. The summed E-state index contributed by atoms with van der Waals surface area (Å²) in [5.74, 6) is 1.58. The van der Waals surface area contributed by atoms with Gasteiger partial charge in [-0.25, -0.2) is 0 Å². The Morgan fingerprint density at radius 2 is 1.48 bits per heavy atom. The van der Waals surface area contributed by atoms with Gasteiger partial charge in [-0.1, -0.05) is 62.4 Å². The van der Waals surface area contributed by atoms with E-state index in [4.69, 9.17) is 9.47 Å². The summed E-state index contributed by atoms with van der Waals surface area (Å²) in [4.78, 5) is 2.34. The highest BCUT2D eigenvalue weighted by molar-refractivity contribution is 5.69. The number of aliphatic hydroxyl groups excluding tert-OH is 1. The van der Waals surface area contributed by atoms with Crippen molar-refractivity contribution in [3.05, 3.63) is 83.9 Å². The molecule has 1 N–H and O–H groups in total. The highest BCUT2D eigenvalue weighted by Crippen LogP contribution is 2.34. The number of benzene rings is 3. The highest BCUT2D eigenvalue weighted by Gasteiger charge is 2.17. The van der Waals surface area contributed by atoms with E-state index in [1.807, 2.05) is 36.4 Å². The third-order valence-electron chi connectivity index (χ3n) is 5.77. The Balaban J connectivity index is 1.78. The molecule has 3 aromatic carbocycles. The average Bonchev–Trinajstić information content (AvgIpc) is 2.84. The van der Waals surface area contributed by atoms with E-state index in [2.05, 4.69) is 55.1 Å². The smallest absolute Gasteiger partial charge is 0.119 e. The van der Waals surface area contributed by atoms with Gasteiger partial charge in [0.1, 0.15) is 18.1 Å². The summed E-state index contributed by atoms with van der Waals surface area (Å²) in [5.41, 5.74) is 4.39.